The summed E-state index contributed by atoms with van der Waals surface area (Å²) in [5, 5.41) is 3.96. The number of fused-ring (bicyclic) bond motifs is 1. The van der Waals surface area contributed by atoms with Crippen LogP contribution in [0, 0.1) is 0 Å². The third-order valence-electron chi connectivity index (χ3n) is 12.3. The predicted octanol–water partition coefficient (Wildman–Crippen LogP) is 5.67. The Kier molecular flexibility index (Phi) is 12.6. The topological polar surface area (TPSA) is 167 Å². The maximum absolute atomic E-state index is 13.6. The number of amides is 3. The van der Waals surface area contributed by atoms with Crippen LogP contribution in [0.2, 0.25) is 0 Å². The van der Waals surface area contributed by atoms with Crippen molar-refractivity contribution < 1.29 is 36.0 Å². The lowest BCUT2D eigenvalue weighted by Crippen LogP contribution is -2.48. The molecule has 4 aliphatic rings. The van der Waals surface area contributed by atoms with E-state index >= 15 is 0 Å². The molecule has 1 aromatic heterocycles. The fraction of sp³-hybridized carbons (Fsp3) is 0.444. The highest BCUT2D eigenvalue weighted by molar-refractivity contribution is 7.90. The van der Waals surface area contributed by atoms with Crippen LogP contribution in [-0.4, -0.2) is 94.7 Å². The SMILES string of the molecule is CS(=O)(=O)N1CCN(c2ccc(N3CCCC3=O)cc2COc2ccc(-c3c(C4CCCCC4)c4ccc5cc4n3CC(=O)NCCC=CCCS(=O)(=O)NC5=O)cc2)CC1. The Hall–Kier alpha value is -5.19. The summed E-state index contributed by atoms with van der Waals surface area (Å²) in [5.74, 6) is -0.184. The number of allylic oxidation sites excluding steroid dienone is 1. The largest absolute Gasteiger partial charge is 0.489 e. The molecule has 2 saturated heterocycles. The number of nitrogens with one attached hydrogen (secondary N) is 2. The first-order chi connectivity index (χ1) is 29.3. The molecular weight excluding hydrogens is 817 g/mol. The third kappa shape index (κ3) is 9.66. The van der Waals surface area contributed by atoms with Gasteiger partial charge in [0.2, 0.25) is 31.9 Å². The quantitative estimate of drug-likeness (QED) is 0.212. The lowest BCUT2D eigenvalue weighted by Gasteiger charge is -2.36. The highest BCUT2D eigenvalue weighted by atomic mass is 32.2. The summed E-state index contributed by atoms with van der Waals surface area (Å²) < 4.78 is 62.3. The maximum Gasteiger partial charge on any atom is 0.264 e. The van der Waals surface area contributed by atoms with E-state index in [-0.39, 0.29) is 48.6 Å². The number of hydrogen-bond donors (Lipinski definition) is 2. The van der Waals surface area contributed by atoms with Crippen LogP contribution in [0.15, 0.2) is 72.8 Å². The van der Waals surface area contributed by atoms with Crippen LogP contribution >= 0.6 is 0 Å². The molecule has 3 aliphatic heterocycles. The van der Waals surface area contributed by atoms with Crippen molar-refractivity contribution in [2.24, 2.45) is 0 Å². The highest BCUT2D eigenvalue weighted by Gasteiger charge is 2.30. The summed E-state index contributed by atoms with van der Waals surface area (Å²) in [5.41, 5.74) is 6.37. The first-order valence-electron chi connectivity index (χ1n) is 21.3. The first-order valence-corrected chi connectivity index (χ1v) is 24.8. The summed E-state index contributed by atoms with van der Waals surface area (Å²) in [6.45, 7) is 3.06. The number of anilines is 2. The molecule has 3 aromatic carbocycles. The third-order valence-corrected chi connectivity index (χ3v) is 14.9. The molecule has 3 amide bonds. The molecular formula is C45H54N6O8S2. The number of carbonyl (C=O) groups excluding carboxylic acids is 3. The number of nitrogens with zero attached hydrogens (tertiary/aromatic N) is 4. The van der Waals surface area contributed by atoms with Crippen molar-refractivity contribution in [2.45, 2.75) is 76.9 Å². The molecule has 4 heterocycles. The van der Waals surface area contributed by atoms with E-state index in [2.05, 4.69) is 14.9 Å². The summed E-state index contributed by atoms with van der Waals surface area (Å²) in [6.07, 6.45) is 12.2. The fourth-order valence-electron chi connectivity index (χ4n) is 9.22. The molecule has 61 heavy (non-hydrogen) atoms. The number of ether oxygens (including phenoxy) is 1. The van der Waals surface area contributed by atoms with Crippen molar-refractivity contribution >= 4 is 60.0 Å². The van der Waals surface area contributed by atoms with Gasteiger partial charge in [-0.1, -0.05) is 37.5 Å². The van der Waals surface area contributed by atoms with Crippen LogP contribution in [0.4, 0.5) is 11.4 Å². The van der Waals surface area contributed by atoms with Gasteiger partial charge in [0.15, 0.2) is 0 Å². The van der Waals surface area contributed by atoms with E-state index < -0.39 is 26.0 Å². The zero-order valence-corrected chi connectivity index (χ0v) is 36.2. The zero-order valence-electron chi connectivity index (χ0n) is 34.6. The van der Waals surface area contributed by atoms with Crippen LogP contribution in [0.1, 0.15) is 85.2 Å². The minimum atomic E-state index is -3.87. The lowest BCUT2D eigenvalue weighted by atomic mass is 9.81. The minimum Gasteiger partial charge on any atom is -0.489 e. The van der Waals surface area contributed by atoms with E-state index in [9.17, 15) is 31.2 Å². The lowest BCUT2D eigenvalue weighted by molar-refractivity contribution is -0.121. The van der Waals surface area contributed by atoms with Gasteiger partial charge in [-0.15, -0.1) is 0 Å². The van der Waals surface area contributed by atoms with Crippen LogP contribution in [0.5, 0.6) is 5.75 Å². The molecule has 0 spiro atoms. The Bertz CT molecular complexity index is 2560. The molecule has 2 N–H and O–H groups in total. The number of piperazine rings is 1. The van der Waals surface area contributed by atoms with E-state index in [1.54, 1.807) is 23.1 Å². The van der Waals surface area contributed by atoms with Gasteiger partial charge in [0.25, 0.3) is 5.91 Å². The van der Waals surface area contributed by atoms with Crippen molar-refractivity contribution in [1.29, 1.82) is 0 Å². The molecule has 8 rings (SSSR count). The van der Waals surface area contributed by atoms with Crippen LogP contribution < -0.4 is 24.6 Å². The van der Waals surface area contributed by atoms with Gasteiger partial charge in [-0.05, 0) is 104 Å². The molecule has 4 aromatic rings. The van der Waals surface area contributed by atoms with Gasteiger partial charge in [0, 0.05) is 73.6 Å². The fourth-order valence-corrected chi connectivity index (χ4v) is 11.0. The van der Waals surface area contributed by atoms with Gasteiger partial charge in [-0.2, -0.15) is 4.31 Å². The average molecular weight is 871 g/mol. The van der Waals surface area contributed by atoms with Crippen molar-refractivity contribution in [1.82, 2.24) is 18.9 Å². The Labute approximate surface area is 358 Å². The minimum absolute atomic E-state index is 0.000966. The highest BCUT2D eigenvalue weighted by Crippen LogP contribution is 2.45. The number of hydrogen-bond acceptors (Lipinski definition) is 9. The molecule has 0 atom stereocenters. The molecule has 1 saturated carbocycles. The number of carbonyl (C=O) groups is 3. The summed E-state index contributed by atoms with van der Waals surface area (Å²) >= 11 is 0. The molecule has 16 heteroatoms. The summed E-state index contributed by atoms with van der Waals surface area (Å²) in [6, 6.07) is 19.0. The Morgan fingerprint density at radius 1 is 0.820 bits per heavy atom. The van der Waals surface area contributed by atoms with Crippen LogP contribution in [0.25, 0.3) is 22.2 Å². The van der Waals surface area contributed by atoms with Crippen molar-refractivity contribution in [2.75, 3.05) is 61.1 Å². The van der Waals surface area contributed by atoms with Gasteiger partial charge in [-0.3, -0.25) is 14.4 Å². The second-order valence-corrected chi connectivity index (χ2v) is 20.3. The molecule has 324 valence electrons. The molecule has 3 fully saturated rings. The number of sulfonamides is 2. The molecule has 1 aliphatic carbocycles. The molecule has 0 radical (unpaired) electrons. The summed E-state index contributed by atoms with van der Waals surface area (Å²) in [4.78, 5) is 43.7. The Balaban J connectivity index is 1.13. The normalized spacial score (nSPS) is 20.0. The predicted molar refractivity (Wildman–Crippen MR) is 237 cm³/mol. The van der Waals surface area contributed by atoms with Crippen LogP contribution in [0.3, 0.4) is 0 Å². The van der Waals surface area contributed by atoms with E-state index in [0.717, 1.165) is 77.7 Å². The number of aromatic nitrogens is 1. The summed E-state index contributed by atoms with van der Waals surface area (Å²) in [7, 11) is -7.17. The van der Waals surface area contributed by atoms with E-state index in [4.69, 9.17) is 4.74 Å². The number of rotatable bonds is 8. The smallest absolute Gasteiger partial charge is 0.264 e. The zero-order chi connectivity index (χ0) is 42.7. The van der Waals surface area contributed by atoms with Gasteiger partial charge in [-0.25, -0.2) is 21.6 Å². The van der Waals surface area contributed by atoms with Crippen molar-refractivity contribution in [3.63, 3.8) is 0 Å². The monoisotopic (exact) mass is 870 g/mol. The van der Waals surface area contributed by atoms with Gasteiger partial charge in [0.1, 0.15) is 18.9 Å². The van der Waals surface area contributed by atoms with Crippen molar-refractivity contribution in [3.8, 4) is 17.0 Å². The van der Waals surface area contributed by atoms with E-state index in [0.29, 0.717) is 63.4 Å². The van der Waals surface area contributed by atoms with E-state index in [1.807, 2.05) is 59.2 Å². The van der Waals surface area contributed by atoms with E-state index in [1.165, 1.54) is 10.6 Å². The van der Waals surface area contributed by atoms with Gasteiger partial charge >= 0.3 is 0 Å². The average Bonchev–Trinajstić information content (AvgIpc) is 3.82. The standard InChI is InChI=1S/C45H54N6O8S2/c1-60(55,56)49-25-23-48(24-26-49)39-20-16-36(50-22-9-12-42(50)53)28-35(39)31-59-37-17-13-33(14-18-37)44-43(32-10-5-4-6-11-32)38-19-15-34-29-40(38)51(44)30-41(52)46-21-7-2-3-8-27-61(57,58)47-45(34)54/h2-3,13-20,28-29,32H,4-12,21-27,30-31H2,1H3,(H,46,52)(H,47,54). The maximum atomic E-state index is 13.6. The Morgan fingerprint density at radius 2 is 1.56 bits per heavy atom. The van der Waals surface area contributed by atoms with Gasteiger partial charge < -0.3 is 24.4 Å². The first kappa shape index (κ1) is 42.5. The molecule has 14 nitrogen and oxygen atoms in total. The number of benzene rings is 3. The Morgan fingerprint density at radius 3 is 2.28 bits per heavy atom. The second-order valence-electron chi connectivity index (χ2n) is 16.5. The molecule has 0 unspecified atom stereocenters. The van der Waals surface area contributed by atoms with Gasteiger partial charge in [0.05, 0.1) is 23.2 Å². The molecule has 2 bridgehead atoms. The van der Waals surface area contributed by atoms with Crippen LogP contribution in [-0.2, 0) is 42.8 Å². The van der Waals surface area contributed by atoms with Crippen molar-refractivity contribution in [3.05, 3.63) is 89.5 Å². The second kappa shape index (κ2) is 18.0.